The molecule has 2 rings (SSSR count). The van der Waals surface area contributed by atoms with E-state index in [9.17, 15) is 9.18 Å². The smallest absolute Gasteiger partial charge is 0.220 e. The minimum absolute atomic E-state index is 0.0550. The van der Waals surface area contributed by atoms with Crippen molar-refractivity contribution in [1.29, 1.82) is 0 Å². The van der Waals surface area contributed by atoms with Crippen LogP contribution in [-0.2, 0) is 18.3 Å². The Hall–Kier alpha value is -1.88. The van der Waals surface area contributed by atoms with Crippen molar-refractivity contribution < 1.29 is 9.18 Å². The third-order valence-corrected chi connectivity index (χ3v) is 4.37. The van der Waals surface area contributed by atoms with Gasteiger partial charge in [0.2, 0.25) is 5.91 Å². The van der Waals surface area contributed by atoms with Crippen molar-refractivity contribution in [3.63, 3.8) is 0 Å². The molecule has 23 heavy (non-hydrogen) atoms. The second kappa shape index (κ2) is 7.13. The summed E-state index contributed by atoms with van der Waals surface area (Å²) in [6.45, 7) is 5.79. The minimum atomic E-state index is -0.462. The summed E-state index contributed by atoms with van der Waals surface area (Å²) in [7, 11) is 1.90. The van der Waals surface area contributed by atoms with Gasteiger partial charge in [-0.1, -0.05) is 17.7 Å². The quantitative estimate of drug-likeness (QED) is 0.905. The number of aryl methyl sites for hydroxylation is 2. The van der Waals surface area contributed by atoms with Crippen molar-refractivity contribution >= 4 is 17.5 Å². The zero-order valence-electron chi connectivity index (χ0n) is 13.8. The van der Waals surface area contributed by atoms with E-state index in [1.165, 1.54) is 12.1 Å². The summed E-state index contributed by atoms with van der Waals surface area (Å²) < 4.78 is 15.0. The summed E-state index contributed by atoms with van der Waals surface area (Å²) in [6, 6.07) is 4.25. The fourth-order valence-corrected chi connectivity index (χ4v) is 2.79. The van der Waals surface area contributed by atoms with Crippen LogP contribution in [0.2, 0.25) is 5.02 Å². The molecule has 0 radical (unpaired) electrons. The summed E-state index contributed by atoms with van der Waals surface area (Å²) in [6.07, 6.45) is 1.03. The van der Waals surface area contributed by atoms with E-state index in [0.29, 0.717) is 12.8 Å². The first kappa shape index (κ1) is 17.5. The van der Waals surface area contributed by atoms with Crippen LogP contribution in [0.1, 0.15) is 41.9 Å². The molecule has 2 aromatic rings. The van der Waals surface area contributed by atoms with Crippen LogP contribution in [0.5, 0.6) is 0 Å². The number of nitrogens with zero attached hydrogens (tertiary/aromatic N) is 2. The second-order valence-corrected chi connectivity index (χ2v) is 6.14. The fraction of sp³-hybridized carbons (Fsp3) is 0.412. The molecular formula is C17H21ClFN3O. The van der Waals surface area contributed by atoms with Gasteiger partial charge in [0, 0.05) is 19.2 Å². The molecule has 0 saturated carbocycles. The molecule has 0 aliphatic carbocycles. The van der Waals surface area contributed by atoms with Crippen molar-refractivity contribution in [1.82, 2.24) is 15.1 Å². The Kier molecular flexibility index (Phi) is 5.42. The van der Waals surface area contributed by atoms with Gasteiger partial charge in [0.1, 0.15) is 5.82 Å². The lowest BCUT2D eigenvalue weighted by Crippen LogP contribution is -2.27. The maximum Gasteiger partial charge on any atom is 0.220 e. The molecule has 0 saturated heterocycles. The Bertz CT molecular complexity index is 727. The molecule has 1 heterocycles. The first-order chi connectivity index (χ1) is 10.8. The van der Waals surface area contributed by atoms with Crippen LogP contribution in [0.4, 0.5) is 4.39 Å². The Morgan fingerprint density at radius 1 is 1.43 bits per heavy atom. The molecule has 0 aliphatic rings. The van der Waals surface area contributed by atoms with Crippen LogP contribution in [0.3, 0.4) is 0 Å². The van der Waals surface area contributed by atoms with E-state index < -0.39 is 5.82 Å². The summed E-state index contributed by atoms with van der Waals surface area (Å²) in [5, 5.41) is 7.32. The third-order valence-electron chi connectivity index (χ3n) is 4.08. The Balaban J connectivity index is 1.95. The highest BCUT2D eigenvalue weighted by molar-refractivity contribution is 6.30. The molecule has 4 nitrogen and oxygen atoms in total. The molecule has 1 N–H and O–H groups in total. The van der Waals surface area contributed by atoms with Crippen LogP contribution in [0.25, 0.3) is 0 Å². The lowest BCUT2D eigenvalue weighted by atomic mass is 10.1. The average Bonchev–Trinajstić information content (AvgIpc) is 2.73. The average molecular weight is 338 g/mol. The summed E-state index contributed by atoms with van der Waals surface area (Å²) in [5.41, 5.74) is 3.92. The number of carbonyl (C=O) groups is 1. The monoisotopic (exact) mass is 337 g/mol. The highest BCUT2D eigenvalue weighted by Crippen LogP contribution is 2.21. The summed E-state index contributed by atoms with van der Waals surface area (Å²) >= 11 is 5.78. The zero-order valence-corrected chi connectivity index (χ0v) is 14.5. The Morgan fingerprint density at radius 2 is 2.13 bits per heavy atom. The van der Waals surface area contributed by atoms with Gasteiger partial charge in [0.05, 0.1) is 16.8 Å². The van der Waals surface area contributed by atoms with E-state index in [1.54, 1.807) is 6.07 Å². The van der Waals surface area contributed by atoms with Gasteiger partial charge < -0.3 is 5.32 Å². The molecule has 0 spiro atoms. The Morgan fingerprint density at radius 3 is 2.70 bits per heavy atom. The van der Waals surface area contributed by atoms with Crippen LogP contribution in [0, 0.1) is 19.7 Å². The van der Waals surface area contributed by atoms with E-state index >= 15 is 0 Å². The van der Waals surface area contributed by atoms with E-state index in [4.69, 9.17) is 11.6 Å². The van der Waals surface area contributed by atoms with Crippen LogP contribution in [-0.4, -0.2) is 15.7 Å². The van der Waals surface area contributed by atoms with Gasteiger partial charge in [-0.25, -0.2) is 4.39 Å². The molecule has 0 bridgehead atoms. The summed E-state index contributed by atoms with van der Waals surface area (Å²) in [5.74, 6) is -0.517. The normalized spacial score (nSPS) is 12.3. The SMILES string of the molecule is Cc1nn(C)c(C)c1CCC(=O)N[C@@H](C)c1ccc(F)c(Cl)c1. The van der Waals surface area contributed by atoms with Crippen molar-refractivity contribution in [2.75, 3.05) is 0 Å². The highest BCUT2D eigenvalue weighted by Gasteiger charge is 2.14. The van der Waals surface area contributed by atoms with Gasteiger partial charge in [0.15, 0.2) is 0 Å². The van der Waals surface area contributed by atoms with Crippen molar-refractivity contribution in [2.45, 2.75) is 39.7 Å². The molecule has 0 unspecified atom stereocenters. The molecule has 124 valence electrons. The van der Waals surface area contributed by atoms with E-state index in [0.717, 1.165) is 22.5 Å². The predicted molar refractivity (Wildman–Crippen MR) is 89.0 cm³/mol. The van der Waals surface area contributed by atoms with Gasteiger partial charge in [-0.3, -0.25) is 9.48 Å². The molecule has 1 amide bonds. The number of amides is 1. The first-order valence-electron chi connectivity index (χ1n) is 7.53. The highest BCUT2D eigenvalue weighted by atomic mass is 35.5. The van der Waals surface area contributed by atoms with Crippen LogP contribution >= 0.6 is 11.6 Å². The number of carbonyl (C=O) groups excluding carboxylic acids is 1. The van der Waals surface area contributed by atoms with Crippen LogP contribution in [0.15, 0.2) is 18.2 Å². The van der Waals surface area contributed by atoms with Crippen molar-refractivity contribution in [2.24, 2.45) is 7.05 Å². The zero-order chi connectivity index (χ0) is 17.1. The number of hydrogen-bond donors (Lipinski definition) is 1. The van der Waals surface area contributed by atoms with Gasteiger partial charge in [-0.05, 0) is 50.5 Å². The number of rotatable bonds is 5. The van der Waals surface area contributed by atoms with Gasteiger partial charge >= 0.3 is 0 Å². The molecule has 1 aromatic carbocycles. The third kappa shape index (κ3) is 4.10. The van der Waals surface area contributed by atoms with E-state index in [2.05, 4.69) is 10.4 Å². The maximum absolute atomic E-state index is 13.2. The van der Waals surface area contributed by atoms with E-state index in [1.807, 2.05) is 32.5 Å². The number of halogens is 2. The Labute approximate surface area is 140 Å². The fourth-order valence-electron chi connectivity index (χ4n) is 2.60. The lowest BCUT2D eigenvalue weighted by molar-refractivity contribution is -0.121. The molecule has 1 atom stereocenters. The van der Waals surface area contributed by atoms with Crippen molar-refractivity contribution in [3.05, 3.63) is 51.6 Å². The van der Waals surface area contributed by atoms with Gasteiger partial charge in [-0.2, -0.15) is 5.10 Å². The van der Waals surface area contributed by atoms with E-state index in [-0.39, 0.29) is 17.0 Å². The van der Waals surface area contributed by atoms with Crippen LogP contribution < -0.4 is 5.32 Å². The molecular weight excluding hydrogens is 317 g/mol. The molecule has 0 fully saturated rings. The number of hydrogen-bond acceptors (Lipinski definition) is 2. The van der Waals surface area contributed by atoms with Gasteiger partial charge in [-0.15, -0.1) is 0 Å². The summed E-state index contributed by atoms with van der Waals surface area (Å²) in [4.78, 5) is 12.1. The second-order valence-electron chi connectivity index (χ2n) is 5.74. The molecule has 6 heteroatoms. The predicted octanol–water partition coefficient (Wildman–Crippen LogP) is 3.64. The number of benzene rings is 1. The van der Waals surface area contributed by atoms with Crippen molar-refractivity contribution in [3.8, 4) is 0 Å². The first-order valence-corrected chi connectivity index (χ1v) is 7.90. The molecule has 0 aliphatic heterocycles. The largest absolute Gasteiger partial charge is 0.350 e. The maximum atomic E-state index is 13.2. The number of nitrogens with one attached hydrogen (secondary N) is 1. The van der Waals surface area contributed by atoms with Gasteiger partial charge in [0.25, 0.3) is 0 Å². The topological polar surface area (TPSA) is 46.9 Å². The molecule has 1 aromatic heterocycles. The minimum Gasteiger partial charge on any atom is -0.350 e. The standard InChI is InChI=1S/C17H21ClFN3O/c1-10(13-5-7-16(19)15(18)9-13)20-17(23)8-6-14-11(2)21-22(4)12(14)3/h5,7,9-10H,6,8H2,1-4H3,(H,20,23)/t10-/m0/s1. The number of aromatic nitrogens is 2. The lowest BCUT2D eigenvalue weighted by Gasteiger charge is -2.15.